The molecule has 88 valence electrons. The molecule has 0 amide bonds. The van der Waals surface area contributed by atoms with Gasteiger partial charge in [-0.25, -0.2) is 0 Å². The third-order valence-electron chi connectivity index (χ3n) is 3.06. The standard InChI is InChI=1S/C11H18N4O/c12-10-1-3-14-6-9(10)11(15-13)5-8-2-4-16-7-8/h1,3,6,8,11,15H,2,4-5,7,13H2,(H2,12,14). The molecule has 16 heavy (non-hydrogen) atoms. The molecule has 1 fully saturated rings. The summed E-state index contributed by atoms with van der Waals surface area (Å²) < 4.78 is 5.35. The molecule has 2 rings (SSSR count). The average molecular weight is 222 g/mol. The molecular weight excluding hydrogens is 204 g/mol. The van der Waals surface area contributed by atoms with E-state index in [4.69, 9.17) is 16.3 Å². The number of nitrogens with zero attached hydrogens (tertiary/aromatic N) is 1. The topological polar surface area (TPSA) is 86.2 Å². The van der Waals surface area contributed by atoms with Gasteiger partial charge in [-0.1, -0.05) is 0 Å². The maximum atomic E-state index is 5.90. The molecule has 2 atom stereocenters. The molecule has 1 aromatic rings. The van der Waals surface area contributed by atoms with E-state index in [1.807, 2.05) is 0 Å². The van der Waals surface area contributed by atoms with E-state index in [0.29, 0.717) is 5.92 Å². The van der Waals surface area contributed by atoms with Crippen molar-refractivity contribution in [3.05, 3.63) is 24.0 Å². The summed E-state index contributed by atoms with van der Waals surface area (Å²) in [5.74, 6) is 6.13. The zero-order valence-electron chi connectivity index (χ0n) is 9.23. The zero-order chi connectivity index (χ0) is 11.4. The Balaban J connectivity index is 2.06. The first-order valence-corrected chi connectivity index (χ1v) is 5.54. The molecule has 0 bridgehead atoms. The molecule has 0 spiro atoms. The molecule has 0 radical (unpaired) electrons. The fourth-order valence-electron chi connectivity index (χ4n) is 2.10. The van der Waals surface area contributed by atoms with E-state index >= 15 is 0 Å². The van der Waals surface area contributed by atoms with Gasteiger partial charge in [0.25, 0.3) is 0 Å². The molecule has 0 aliphatic carbocycles. The van der Waals surface area contributed by atoms with Crippen molar-refractivity contribution in [2.45, 2.75) is 18.9 Å². The van der Waals surface area contributed by atoms with Crippen molar-refractivity contribution in [2.75, 3.05) is 18.9 Å². The lowest BCUT2D eigenvalue weighted by Gasteiger charge is -2.20. The van der Waals surface area contributed by atoms with Crippen LogP contribution in [-0.2, 0) is 4.74 Å². The second-order valence-electron chi connectivity index (χ2n) is 4.19. The van der Waals surface area contributed by atoms with Crippen LogP contribution in [0.3, 0.4) is 0 Å². The van der Waals surface area contributed by atoms with Gasteiger partial charge in [-0.3, -0.25) is 16.3 Å². The summed E-state index contributed by atoms with van der Waals surface area (Å²) in [5.41, 5.74) is 10.4. The summed E-state index contributed by atoms with van der Waals surface area (Å²) in [7, 11) is 0. The quantitative estimate of drug-likeness (QED) is 0.513. The van der Waals surface area contributed by atoms with E-state index in [-0.39, 0.29) is 6.04 Å². The molecule has 5 N–H and O–H groups in total. The normalized spacial score (nSPS) is 22.2. The number of pyridine rings is 1. The molecule has 0 aromatic carbocycles. The number of hydrogen-bond donors (Lipinski definition) is 3. The van der Waals surface area contributed by atoms with Crippen molar-refractivity contribution >= 4 is 5.69 Å². The van der Waals surface area contributed by atoms with Gasteiger partial charge < -0.3 is 10.5 Å². The van der Waals surface area contributed by atoms with Crippen LogP contribution in [0.25, 0.3) is 0 Å². The van der Waals surface area contributed by atoms with E-state index in [2.05, 4.69) is 10.4 Å². The first kappa shape index (κ1) is 11.3. The monoisotopic (exact) mass is 222 g/mol. The number of anilines is 1. The smallest absolute Gasteiger partial charge is 0.0499 e. The van der Waals surface area contributed by atoms with E-state index in [0.717, 1.165) is 37.3 Å². The van der Waals surface area contributed by atoms with E-state index in [1.165, 1.54) is 0 Å². The first-order chi connectivity index (χ1) is 7.81. The number of nitrogens with one attached hydrogen (secondary N) is 1. The summed E-state index contributed by atoms with van der Waals surface area (Å²) in [4.78, 5) is 4.08. The van der Waals surface area contributed by atoms with Crippen molar-refractivity contribution in [3.63, 3.8) is 0 Å². The lowest BCUT2D eigenvalue weighted by molar-refractivity contribution is 0.181. The Hall–Kier alpha value is -1.17. The van der Waals surface area contributed by atoms with Crippen LogP contribution in [0, 0.1) is 5.92 Å². The Morgan fingerprint density at radius 3 is 3.12 bits per heavy atom. The molecule has 1 aromatic heterocycles. The SMILES string of the molecule is NNC(CC1CCOC1)c1cnccc1N. The Bertz CT molecular complexity index is 339. The molecular formula is C11H18N4O. The van der Waals surface area contributed by atoms with Crippen molar-refractivity contribution < 1.29 is 4.74 Å². The predicted molar refractivity (Wildman–Crippen MR) is 62.3 cm³/mol. The number of nitrogens with two attached hydrogens (primary N) is 2. The minimum absolute atomic E-state index is 0.0559. The van der Waals surface area contributed by atoms with Crippen LogP contribution < -0.4 is 17.0 Å². The number of hydrogen-bond acceptors (Lipinski definition) is 5. The second kappa shape index (κ2) is 5.25. The van der Waals surface area contributed by atoms with Crippen LogP contribution in [0.15, 0.2) is 18.5 Å². The highest BCUT2D eigenvalue weighted by Crippen LogP contribution is 2.28. The molecule has 2 unspecified atom stereocenters. The summed E-state index contributed by atoms with van der Waals surface area (Å²) >= 11 is 0. The van der Waals surface area contributed by atoms with Crippen molar-refractivity contribution in [1.82, 2.24) is 10.4 Å². The molecule has 0 saturated carbocycles. The Morgan fingerprint density at radius 2 is 2.50 bits per heavy atom. The Kier molecular flexibility index (Phi) is 3.71. The van der Waals surface area contributed by atoms with Crippen molar-refractivity contribution in [3.8, 4) is 0 Å². The Morgan fingerprint density at radius 1 is 1.62 bits per heavy atom. The van der Waals surface area contributed by atoms with Crippen LogP contribution in [0.5, 0.6) is 0 Å². The number of rotatable bonds is 4. The minimum atomic E-state index is 0.0559. The third kappa shape index (κ3) is 2.49. The largest absolute Gasteiger partial charge is 0.398 e. The maximum Gasteiger partial charge on any atom is 0.0499 e. The van der Waals surface area contributed by atoms with Gasteiger partial charge >= 0.3 is 0 Å². The molecule has 2 heterocycles. The summed E-state index contributed by atoms with van der Waals surface area (Å²) in [6.07, 6.45) is 5.49. The van der Waals surface area contributed by atoms with Gasteiger partial charge in [-0.2, -0.15) is 0 Å². The van der Waals surface area contributed by atoms with Crippen LogP contribution in [0.1, 0.15) is 24.4 Å². The molecule has 1 aliphatic heterocycles. The third-order valence-corrected chi connectivity index (χ3v) is 3.06. The van der Waals surface area contributed by atoms with Gasteiger partial charge in [-0.15, -0.1) is 0 Å². The second-order valence-corrected chi connectivity index (χ2v) is 4.19. The molecule has 1 saturated heterocycles. The zero-order valence-corrected chi connectivity index (χ0v) is 9.23. The summed E-state index contributed by atoms with van der Waals surface area (Å²) in [5, 5.41) is 0. The van der Waals surface area contributed by atoms with Crippen LogP contribution in [-0.4, -0.2) is 18.2 Å². The van der Waals surface area contributed by atoms with Crippen molar-refractivity contribution in [2.24, 2.45) is 11.8 Å². The molecule has 5 nitrogen and oxygen atoms in total. The number of hydrazine groups is 1. The average Bonchev–Trinajstić information content (AvgIpc) is 2.80. The summed E-state index contributed by atoms with van der Waals surface area (Å²) in [6, 6.07) is 1.85. The fourth-order valence-corrected chi connectivity index (χ4v) is 2.10. The van der Waals surface area contributed by atoms with Gasteiger partial charge in [0, 0.05) is 42.9 Å². The fraction of sp³-hybridized carbons (Fsp3) is 0.545. The number of aromatic nitrogens is 1. The highest BCUT2D eigenvalue weighted by Gasteiger charge is 2.22. The lowest BCUT2D eigenvalue weighted by Crippen LogP contribution is -2.30. The van der Waals surface area contributed by atoms with Gasteiger partial charge in [0.1, 0.15) is 0 Å². The Labute approximate surface area is 95.1 Å². The number of ether oxygens (including phenoxy) is 1. The van der Waals surface area contributed by atoms with E-state index in [9.17, 15) is 0 Å². The van der Waals surface area contributed by atoms with Gasteiger partial charge in [0.15, 0.2) is 0 Å². The maximum absolute atomic E-state index is 5.90. The first-order valence-electron chi connectivity index (χ1n) is 5.54. The van der Waals surface area contributed by atoms with Gasteiger partial charge in [0.2, 0.25) is 0 Å². The van der Waals surface area contributed by atoms with Crippen LogP contribution in [0.2, 0.25) is 0 Å². The lowest BCUT2D eigenvalue weighted by atomic mass is 9.95. The highest BCUT2D eigenvalue weighted by atomic mass is 16.5. The van der Waals surface area contributed by atoms with E-state index < -0.39 is 0 Å². The van der Waals surface area contributed by atoms with Crippen LogP contribution in [0.4, 0.5) is 5.69 Å². The van der Waals surface area contributed by atoms with E-state index in [1.54, 1.807) is 18.5 Å². The van der Waals surface area contributed by atoms with Crippen LogP contribution >= 0.6 is 0 Å². The number of nitrogen functional groups attached to an aromatic ring is 1. The van der Waals surface area contributed by atoms with Crippen molar-refractivity contribution in [1.29, 1.82) is 0 Å². The van der Waals surface area contributed by atoms with Gasteiger partial charge in [-0.05, 0) is 24.8 Å². The summed E-state index contributed by atoms with van der Waals surface area (Å²) in [6.45, 7) is 1.67. The molecule has 1 aliphatic rings. The van der Waals surface area contributed by atoms with Gasteiger partial charge in [0.05, 0.1) is 0 Å². The highest BCUT2D eigenvalue weighted by molar-refractivity contribution is 5.46. The minimum Gasteiger partial charge on any atom is -0.398 e. The molecule has 5 heteroatoms. The predicted octanol–water partition coefficient (Wildman–Crippen LogP) is 0.595.